The number of rotatable bonds is 6. The van der Waals surface area contributed by atoms with Crippen molar-refractivity contribution < 1.29 is 13.2 Å². The van der Waals surface area contributed by atoms with E-state index in [2.05, 4.69) is 15.5 Å². The molecular weight excluding hydrogens is 396 g/mol. The highest BCUT2D eigenvalue weighted by Crippen LogP contribution is 2.29. The van der Waals surface area contributed by atoms with Crippen LogP contribution >= 0.6 is 11.6 Å². The van der Waals surface area contributed by atoms with E-state index in [1.54, 1.807) is 36.4 Å². The van der Waals surface area contributed by atoms with Crippen molar-refractivity contribution in [2.45, 2.75) is 12.6 Å². The molecule has 146 valence electrons. The van der Waals surface area contributed by atoms with Crippen LogP contribution in [0.15, 0.2) is 77.2 Å². The highest BCUT2D eigenvalue weighted by Gasteiger charge is 2.22. The summed E-state index contributed by atoms with van der Waals surface area (Å²) in [6, 6.07) is 18.9. The molecule has 0 amide bonds. The SMILES string of the molecule is Fc1ccc(CNC(c2ccc(F)cc2)c2nnc(-c3ccccc3Cl)o2)cc1. The number of hydrogen-bond donors (Lipinski definition) is 1. The van der Waals surface area contributed by atoms with E-state index in [1.807, 2.05) is 12.1 Å². The van der Waals surface area contributed by atoms with Crippen LogP contribution in [0.3, 0.4) is 0 Å². The zero-order valence-electron chi connectivity index (χ0n) is 15.1. The van der Waals surface area contributed by atoms with Gasteiger partial charge in [0.1, 0.15) is 17.7 Å². The first-order valence-electron chi connectivity index (χ1n) is 8.92. The first-order chi connectivity index (χ1) is 14.1. The molecule has 4 nitrogen and oxygen atoms in total. The Morgan fingerprint density at radius 3 is 2.21 bits per heavy atom. The van der Waals surface area contributed by atoms with Crippen LogP contribution in [0.25, 0.3) is 11.5 Å². The van der Waals surface area contributed by atoms with Crippen LogP contribution in [0, 0.1) is 11.6 Å². The summed E-state index contributed by atoms with van der Waals surface area (Å²) in [7, 11) is 0. The molecule has 1 heterocycles. The lowest BCUT2D eigenvalue weighted by Gasteiger charge is -2.16. The smallest absolute Gasteiger partial charge is 0.249 e. The summed E-state index contributed by atoms with van der Waals surface area (Å²) in [4.78, 5) is 0. The van der Waals surface area contributed by atoms with E-state index < -0.39 is 6.04 Å². The molecule has 3 aromatic carbocycles. The normalized spacial score (nSPS) is 12.1. The maximum Gasteiger partial charge on any atom is 0.249 e. The molecule has 0 aliphatic heterocycles. The Hall–Kier alpha value is -3.09. The molecule has 4 rings (SSSR count). The molecule has 0 saturated carbocycles. The lowest BCUT2D eigenvalue weighted by atomic mass is 10.1. The Morgan fingerprint density at radius 1 is 0.862 bits per heavy atom. The number of nitrogens with one attached hydrogen (secondary N) is 1. The molecule has 0 saturated heterocycles. The summed E-state index contributed by atoms with van der Waals surface area (Å²) in [5, 5.41) is 12.1. The second kappa shape index (κ2) is 8.51. The molecule has 1 N–H and O–H groups in total. The number of aromatic nitrogens is 2. The molecule has 0 aliphatic rings. The van der Waals surface area contributed by atoms with Gasteiger partial charge in [0, 0.05) is 6.54 Å². The fourth-order valence-electron chi connectivity index (χ4n) is 2.92. The third-order valence-corrected chi connectivity index (χ3v) is 4.75. The fraction of sp³-hybridized carbons (Fsp3) is 0.0909. The minimum atomic E-state index is -0.482. The molecule has 4 aromatic rings. The van der Waals surface area contributed by atoms with Gasteiger partial charge >= 0.3 is 0 Å². The standard InChI is InChI=1S/C22H16ClF2N3O/c23-19-4-2-1-3-18(19)21-27-28-22(29-21)20(15-7-11-17(25)12-8-15)26-13-14-5-9-16(24)10-6-14/h1-12,20,26H,13H2. The van der Waals surface area contributed by atoms with Gasteiger partial charge in [-0.25, -0.2) is 8.78 Å². The summed E-state index contributed by atoms with van der Waals surface area (Å²) in [6.45, 7) is 0.423. The number of benzene rings is 3. The molecule has 0 radical (unpaired) electrons. The highest BCUT2D eigenvalue weighted by atomic mass is 35.5. The molecule has 7 heteroatoms. The highest BCUT2D eigenvalue weighted by molar-refractivity contribution is 6.33. The minimum absolute atomic E-state index is 0.293. The Bertz CT molecular complexity index is 1100. The summed E-state index contributed by atoms with van der Waals surface area (Å²) in [5.41, 5.74) is 2.26. The van der Waals surface area contributed by atoms with Crippen molar-refractivity contribution in [1.82, 2.24) is 15.5 Å². The number of nitrogens with zero attached hydrogens (tertiary/aromatic N) is 2. The van der Waals surface area contributed by atoms with Crippen LogP contribution < -0.4 is 5.32 Å². The number of halogens is 3. The van der Waals surface area contributed by atoms with Crippen molar-refractivity contribution in [1.29, 1.82) is 0 Å². The van der Waals surface area contributed by atoms with E-state index in [0.29, 0.717) is 28.9 Å². The lowest BCUT2D eigenvalue weighted by Crippen LogP contribution is -2.22. The summed E-state index contributed by atoms with van der Waals surface area (Å²) in [6.07, 6.45) is 0. The third-order valence-electron chi connectivity index (χ3n) is 4.42. The molecule has 1 unspecified atom stereocenters. The zero-order chi connectivity index (χ0) is 20.2. The van der Waals surface area contributed by atoms with Crippen LogP contribution in [0.1, 0.15) is 23.1 Å². The Labute approximate surface area is 171 Å². The van der Waals surface area contributed by atoms with E-state index in [4.69, 9.17) is 16.0 Å². The second-order valence-corrected chi connectivity index (χ2v) is 6.82. The lowest BCUT2D eigenvalue weighted by molar-refractivity contribution is 0.437. The monoisotopic (exact) mass is 411 g/mol. The summed E-state index contributed by atoms with van der Waals surface area (Å²) < 4.78 is 32.4. The van der Waals surface area contributed by atoms with Crippen molar-refractivity contribution in [2.24, 2.45) is 0 Å². The Morgan fingerprint density at radius 2 is 1.52 bits per heavy atom. The topological polar surface area (TPSA) is 51.0 Å². The van der Waals surface area contributed by atoms with Crippen molar-refractivity contribution >= 4 is 11.6 Å². The van der Waals surface area contributed by atoms with Gasteiger partial charge in [-0.15, -0.1) is 10.2 Å². The minimum Gasteiger partial charge on any atom is -0.419 e. The molecule has 1 aromatic heterocycles. The van der Waals surface area contributed by atoms with Gasteiger partial charge in [0.15, 0.2) is 0 Å². The van der Waals surface area contributed by atoms with Gasteiger partial charge in [0.2, 0.25) is 11.8 Å². The van der Waals surface area contributed by atoms with Crippen molar-refractivity contribution in [3.8, 4) is 11.5 Å². The molecule has 0 fully saturated rings. The van der Waals surface area contributed by atoms with Gasteiger partial charge in [-0.1, -0.05) is 48.0 Å². The molecule has 0 spiro atoms. The van der Waals surface area contributed by atoms with Gasteiger partial charge < -0.3 is 4.42 Å². The van der Waals surface area contributed by atoms with E-state index in [0.717, 1.165) is 11.1 Å². The summed E-state index contributed by atoms with van der Waals surface area (Å²) in [5.74, 6) is -0.0339. The van der Waals surface area contributed by atoms with Crippen LogP contribution in [0.4, 0.5) is 8.78 Å². The Kier molecular flexibility index (Phi) is 5.64. The van der Waals surface area contributed by atoms with Gasteiger partial charge in [-0.2, -0.15) is 0 Å². The second-order valence-electron chi connectivity index (χ2n) is 6.42. The average molecular weight is 412 g/mol. The number of hydrogen-bond acceptors (Lipinski definition) is 4. The van der Waals surface area contributed by atoms with Crippen LogP contribution in [-0.2, 0) is 6.54 Å². The van der Waals surface area contributed by atoms with E-state index in [9.17, 15) is 8.78 Å². The predicted molar refractivity (Wildman–Crippen MR) is 106 cm³/mol. The molecular formula is C22H16ClF2N3O. The maximum absolute atomic E-state index is 13.4. The maximum atomic E-state index is 13.4. The van der Waals surface area contributed by atoms with E-state index >= 15 is 0 Å². The van der Waals surface area contributed by atoms with Gasteiger partial charge in [0.05, 0.1) is 10.6 Å². The summed E-state index contributed by atoms with van der Waals surface area (Å²) >= 11 is 6.22. The van der Waals surface area contributed by atoms with Crippen molar-refractivity contribution in [3.05, 3.63) is 106 Å². The largest absolute Gasteiger partial charge is 0.419 e. The fourth-order valence-corrected chi connectivity index (χ4v) is 3.14. The predicted octanol–water partition coefficient (Wildman–Crippen LogP) is 5.55. The molecule has 0 bridgehead atoms. The zero-order valence-corrected chi connectivity index (χ0v) is 15.9. The Balaban J connectivity index is 1.64. The molecule has 1 atom stereocenters. The third kappa shape index (κ3) is 4.50. The van der Waals surface area contributed by atoms with Gasteiger partial charge in [-0.05, 0) is 47.5 Å². The average Bonchev–Trinajstić information content (AvgIpc) is 3.21. The van der Waals surface area contributed by atoms with Crippen LogP contribution in [-0.4, -0.2) is 10.2 Å². The molecule has 29 heavy (non-hydrogen) atoms. The van der Waals surface area contributed by atoms with Gasteiger partial charge in [-0.3, -0.25) is 5.32 Å². The van der Waals surface area contributed by atoms with Crippen LogP contribution in [0.2, 0.25) is 5.02 Å². The van der Waals surface area contributed by atoms with E-state index in [1.165, 1.54) is 24.3 Å². The quantitative estimate of drug-likeness (QED) is 0.452. The van der Waals surface area contributed by atoms with Crippen LogP contribution in [0.5, 0.6) is 0 Å². The molecule has 0 aliphatic carbocycles. The first-order valence-corrected chi connectivity index (χ1v) is 9.29. The van der Waals surface area contributed by atoms with Crippen molar-refractivity contribution in [2.75, 3.05) is 0 Å². The van der Waals surface area contributed by atoms with Gasteiger partial charge in [0.25, 0.3) is 0 Å². The van der Waals surface area contributed by atoms with Crippen molar-refractivity contribution in [3.63, 3.8) is 0 Å². The first kappa shape index (κ1) is 19.2. The van der Waals surface area contributed by atoms with E-state index in [-0.39, 0.29) is 11.6 Å².